The van der Waals surface area contributed by atoms with Crippen LogP contribution in [0.25, 0.3) is 59.9 Å². The quantitative estimate of drug-likeness (QED) is 0.0924. The molecule has 0 spiro atoms. The van der Waals surface area contributed by atoms with Crippen molar-refractivity contribution in [3.8, 4) is 11.1 Å². The maximum absolute atomic E-state index is 10.2. The summed E-state index contributed by atoms with van der Waals surface area (Å²) < 4.78 is 0. The molecule has 8 rings (SSSR count). The van der Waals surface area contributed by atoms with Gasteiger partial charge in [0.2, 0.25) is 0 Å². The minimum absolute atomic E-state index is 0. The first-order chi connectivity index (χ1) is 24.9. The summed E-state index contributed by atoms with van der Waals surface area (Å²) >= 11 is 0. The van der Waals surface area contributed by atoms with Gasteiger partial charge < -0.3 is 5.32 Å². The van der Waals surface area contributed by atoms with Crippen LogP contribution in [0, 0.1) is 0 Å². The predicted octanol–water partition coefficient (Wildman–Crippen LogP) is 11.9. The van der Waals surface area contributed by atoms with Gasteiger partial charge in [-0.3, -0.25) is 15.3 Å². The molecular weight excluding hydrogens is 711 g/mol. The number of anilines is 2. The topological polar surface area (TPSA) is 47.9 Å². The SMILES string of the molecule is C=N/C(=C\C(C)(c1ccccc1)c1cc2c3ccccc3c3ccccc3c2c2ccccc12)c1ccc(-c2ccc(NC)c(N(C)O)c2)cc1.[Y]. The maximum Gasteiger partial charge on any atom is 0.0868 e. The molecule has 0 bridgehead atoms. The molecule has 0 amide bonds. The molecule has 0 aliphatic rings. The Labute approximate surface area is 330 Å². The third-order valence-electron chi connectivity index (χ3n) is 10.4. The molecule has 0 aliphatic heterocycles. The average Bonchev–Trinajstić information content (AvgIpc) is 3.19. The van der Waals surface area contributed by atoms with Gasteiger partial charge in [0.25, 0.3) is 0 Å². The van der Waals surface area contributed by atoms with E-state index in [1.165, 1.54) is 54.2 Å². The molecule has 0 aliphatic carbocycles. The second-order valence-electron chi connectivity index (χ2n) is 13.3. The largest absolute Gasteiger partial charge is 0.386 e. The van der Waals surface area contributed by atoms with E-state index in [9.17, 15) is 5.21 Å². The van der Waals surface area contributed by atoms with Gasteiger partial charge in [-0.05, 0) is 109 Å². The minimum atomic E-state index is -0.569. The number of rotatable bonds is 8. The zero-order valence-electron chi connectivity index (χ0n) is 29.6. The zero-order valence-corrected chi connectivity index (χ0v) is 32.5. The van der Waals surface area contributed by atoms with Crippen LogP contribution in [0.5, 0.6) is 0 Å². The van der Waals surface area contributed by atoms with E-state index < -0.39 is 5.41 Å². The van der Waals surface area contributed by atoms with Crippen molar-refractivity contribution < 1.29 is 37.9 Å². The average molecular weight is 751 g/mol. The Hall–Kier alpha value is -5.13. The Balaban J connectivity index is 0.00000420. The van der Waals surface area contributed by atoms with Crippen molar-refractivity contribution in [2.45, 2.75) is 12.3 Å². The van der Waals surface area contributed by atoms with E-state index in [1.54, 1.807) is 7.05 Å². The predicted molar refractivity (Wildman–Crippen MR) is 219 cm³/mol. The van der Waals surface area contributed by atoms with E-state index in [2.05, 4.69) is 170 Å². The Morgan fingerprint density at radius 1 is 0.654 bits per heavy atom. The molecule has 0 fully saturated rings. The van der Waals surface area contributed by atoms with Crippen molar-refractivity contribution in [2.24, 2.45) is 4.99 Å². The Morgan fingerprint density at radius 2 is 1.17 bits per heavy atom. The number of hydrogen-bond acceptors (Lipinski definition) is 4. The fourth-order valence-corrected chi connectivity index (χ4v) is 7.81. The van der Waals surface area contributed by atoms with Crippen molar-refractivity contribution in [2.75, 3.05) is 24.5 Å². The summed E-state index contributed by atoms with van der Waals surface area (Å²) in [6, 6.07) is 53.9. The monoisotopic (exact) mass is 750 g/mol. The van der Waals surface area contributed by atoms with Crippen molar-refractivity contribution in [3.05, 3.63) is 174 Å². The Bertz CT molecular complexity index is 2630. The molecule has 0 heterocycles. The number of aliphatic imine (C=N–C) groups is 1. The molecule has 8 aromatic rings. The van der Waals surface area contributed by atoms with E-state index in [0.29, 0.717) is 5.69 Å². The number of hydrogen-bond donors (Lipinski definition) is 2. The molecule has 0 aromatic heterocycles. The molecule has 8 aromatic carbocycles. The van der Waals surface area contributed by atoms with E-state index in [-0.39, 0.29) is 32.7 Å². The molecule has 2 N–H and O–H groups in total. The molecule has 1 atom stereocenters. The van der Waals surface area contributed by atoms with Gasteiger partial charge in [-0.2, -0.15) is 0 Å². The van der Waals surface area contributed by atoms with Crippen LogP contribution in [0.4, 0.5) is 11.4 Å². The van der Waals surface area contributed by atoms with E-state index in [0.717, 1.165) is 33.1 Å². The summed E-state index contributed by atoms with van der Waals surface area (Å²) in [7, 11) is 3.48. The van der Waals surface area contributed by atoms with Gasteiger partial charge >= 0.3 is 0 Å². The van der Waals surface area contributed by atoms with Crippen LogP contribution < -0.4 is 10.4 Å². The molecule has 251 valence electrons. The van der Waals surface area contributed by atoms with Crippen molar-refractivity contribution in [1.82, 2.24) is 0 Å². The van der Waals surface area contributed by atoms with Gasteiger partial charge in [0.05, 0.1) is 17.1 Å². The van der Waals surface area contributed by atoms with Gasteiger partial charge in [0.15, 0.2) is 0 Å². The Morgan fingerprint density at radius 3 is 1.77 bits per heavy atom. The summed E-state index contributed by atoms with van der Waals surface area (Å²) in [4.78, 5) is 4.65. The van der Waals surface area contributed by atoms with Gasteiger partial charge in [-0.25, -0.2) is 0 Å². The zero-order chi connectivity index (χ0) is 35.1. The van der Waals surface area contributed by atoms with Crippen LogP contribution in [0.3, 0.4) is 0 Å². The van der Waals surface area contributed by atoms with Crippen molar-refractivity contribution in [1.29, 1.82) is 0 Å². The standard InChI is InChI=1S/C47H39N3O.Y/c1-47(34-14-6-5-7-15-34,30-44(49-3)32-24-22-31(23-25-32)33-26-27-43(48-2)45(28-33)50(4)51)42-29-41-37-18-9-8-16-35(37)36-17-10-12-20-39(36)46(41)40-21-13-11-19-38(40)42;/h5-30,48,51H,3H2,1-2,4H3;/b44-30-;. The fraction of sp³-hybridized carbons (Fsp3) is 0.0851. The third-order valence-corrected chi connectivity index (χ3v) is 10.4. The summed E-state index contributed by atoms with van der Waals surface area (Å²) in [6.45, 7) is 6.37. The first kappa shape index (κ1) is 35.3. The first-order valence-electron chi connectivity index (χ1n) is 17.3. The molecule has 1 radical (unpaired) electrons. The van der Waals surface area contributed by atoms with Gasteiger partial charge in [0.1, 0.15) is 0 Å². The summed E-state index contributed by atoms with van der Waals surface area (Å²) in [5.41, 5.74) is 7.19. The normalized spacial score (nSPS) is 12.8. The van der Waals surface area contributed by atoms with Gasteiger partial charge in [-0.15, -0.1) is 0 Å². The second kappa shape index (κ2) is 14.5. The number of nitrogens with one attached hydrogen (secondary N) is 1. The van der Waals surface area contributed by atoms with E-state index in [1.807, 2.05) is 19.2 Å². The molecule has 52 heavy (non-hydrogen) atoms. The van der Waals surface area contributed by atoms with Gasteiger partial charge in [0, 0.05) is 52.2 Å². The molecular formula is C47H39N3OY. The fourth-order valence-electron chi connectivity index (χ4n) is 7.81. The molecule has 1 unspecified atom stereocenters. The van der Waals surface area contributed by atoms with Crippen LogP contribution in [-0.4, -0.2) is 26.0 Å². The minimum Gasteiger partial charge on any atom is -0.386 e. The summed E-state index contributed by atoms with van der Waals surface area (Å²) in [6.07, 6.45) is 2.28. The molecule has 0 saturated heterocycles. The van der Waals surface area contributed by atoms with Crippen molar-refractivity contribution in [3.63, 3.8) is 0 Å². The smallest absolute Gasteiger partial charge is 0.0868 e. The Kier molecular flexibility index (Phi) is 9.82. The van der Waals surface area contributed by atoms with Crippen LogP contribution >= 0.6 is 0 Å². The van der Waals surface area contributed by atoms with Crippen LogP contribution in [0.1, 0.15) is 23.6 Å². The number of allylic oxidation sites excluding steroid dienone is 1. The number of nitrogens with zero attached hydrogens (tertiary/aromatic N) is 2. The van der Waals surface area contributed by atoms with Crippen molar-refractivity contribution >= 4 is 66.9 Å². The number of benzene rings is 8. The summed E-state index contributed by atoms with van der Waals surface area (Å²) in [5.74, 6) is 0. The summed E-state index contributed by atoms with van der Waals surface area (Å²) in [5, 5.41) is 24.5. The third kappa shape index (κ3) is 6.01. The van der Waals surface area contributed by atoms with Crippen LogP contribution in [0.15, 0.2) is 163 Å². The van der Waals surface area contributed by atoms with E-state index >= 15 is 0 Å². The number of fused-ring (bicyclic) bond motifs is 8. The first-order valence-corrected chi connectivity index (χ1v) is 17.3. The van der Waals surface area contributed by atoms with Crippen LogP contribution in [-0.2, 0) is 38.1 Å². The maximum atomic E-state index is 10.2. The van der Waals surface area contributed by atoms with Gasteiger partial charge in [-0.1, -0.05) is 133 Å². The van der Waals surface area contributed by atoms with E-state index in [4.69, 9.17) is 0 Å². The van der Waals surface area contributed by atoms with Crippen LogP contribution in [0.2, 0.25) is 0 Å². The molecule has 5 heteroatoms. The second-order valence-corrected chi connectivity index (χ2v) is 13.3. The molecule has 4 nitrogen and oxygen atoms in total. The number of hydroxylamine groups is 1. The molecule has 0 saturated carbocycles.